The second-order valence-electron chi connectivity index (χ2n) is 6.78. The first-order chi connectivity index (χ1) is 11.3. The van der Waals surface area contributed by atoms with Crippen molar-refractivity contribution >= 4 is 58.8 Å². The van der Waals surface area contributed by atoms with Gasteiger partial charge in [0.25, 0.3) is 0 Å². The van der Waals surface area contributed by atoms with E-state index in [1.165, 1.54) is 9.61 Å². The van der Waals surface area contributed by atoms with Crippen molar-refractivity contribution in [3.8, 4) is 11.8 Å². The minimum absolute atomic E-state index is 0.980. The lowest BCUT2D eigenvalue weighted by molar-refractivity contribution is 1.38. The van der Waals surface area contributed by atoms with Crippen molar-refractivity contribution in [3.05, 3.63) is 68.8 Å². The van der Waals surface area contributed by atoms with E-state index in [2.05, 4.69) is 90.5 Å². The maximum atomic E-state index is 5.55. The molecule has 0 heterocycles. The van der Waals surface area contributed by atoms with Crippen LogP contribution in [0.2, 0.25) is 25.7 Å². The highest BCUT2D eigenvalue weighted by Gasteiger charge is 2.13. The van der Waals surface area contributed by atoms with E-state index >= 15 is 0 Å². The first-order valence-corrected chi connectivity index (χ1v) is 14.1. The zero-order valence-corrected chi connectivity index (χ0v) is 19.0. The number of thiocarbonyl (C=S) groups is 1. The minimum Gasteiger partial charge on any atom is -0.114 e. The number of benzene rings is 2. The van der Waals surface area contributed by atoms with E-state index in [9.17, 15) is 0 Å². The van der Waals surface area contributed by atoms with Gasteiger partial charge in [0, 0.05) is 22.8 Å². The van der Waals surface area contributed by atoms with Crippen LogP contribution < -0.4 is 0 Å². The molecule has 0 aromatic heterocycles. The van der Waals surface area contributed by atoms with Crippen molar-refractivity contribution < 1.29 is 0 Å². The Labute approximate surface area is 170 Å². The molecule has 0 aliphatic rings. The molecule has 0 bridgehead atoms. The van der Waals surface area contributed by atoms with Crippen LogP contribution in [0.3, 0.4) is 0 Å². The summed E-state index contributed by atoms with van der Waals surface area (Å²) < 4.78 is 2.22. The van der Waals surface area contributed by atoms with Gasteiger partial charge in [0.1, 0.15) is 0 Å². The molecule has 0 atom stereocenters. The molecule has 0 nitrogen and oxygen atoms in total. The highest BCUT2D eigenvalue weighted by Crippen LogP contribution is 2.19. The van der Waals surface area contributed by atoms with Crippen LogP contribution in [0.1, 0.15) is 16.7 Å². The summed E-state index contributed by atoms with van der Waals surface area (Å²) in [6, 6.07) is 17.8. The molecular formula is C20H21IS2Si. The third-order valence-electron chi connectivity index (χ3n) is 3.40. The summed E-state index contributed by atoms with van der Waals surface area (Å²) in [6.45, 7) is 7.20. The molecular weight excluding hydrogens is 459 g/mol. The number of hydrogen-bond acceptors (Lipinski definition) is 2. The predicted octanol–water partition coefficient (Wildman–Crippen LogP) is 6.44. The highest BCUT2D eigenvalue weighted by atomic mass is 127. The maximum absolute atomic E-state index is 5.55. The fourth-order valence-corrected chi connectivity index (χ4v) is 5.99. The van der Waals surface area contributed by atoms with Crippen LogP contribution in [0.4, 0.5) is 0 Å². The van der Waals surface area contributed by atoms with Gasteiger partial charge in [-0.3, -0.25) is 0 Å². The number of rotatable bonds is 4. The SMILES string of the molecule is C[Si](C)(C)CCSC(=S)c1ccc(C#Cc2ccc(I)cc2)cc1. The summed E-state index contributed by atoms with van der Waals surface area (Å²) in [5, 5.41) is 0. The summed E-state index contributed by atoms with van der Waals surface area (Å²) in [4.78, 5) is 0. The molecule has 0 unspecified atom stereocenters. The van der Waals surface area contributed by atoms with E-state index in [-0.39, 0.29) is 0 Å². The van der Waals surface area contributed by atoms with Crippen molar-refractivity contribution in [3.63, 3.8) is 0 Å². The van der Waals surface area contributed by atoms with E-state index in [4.69, 9.17) is 12.2 Å². The Bertz CT molecular complexity index is 747. The molecule has 0 aliphatic carbocycles. The molecule has 0 N–H and O–H groups in total. The van der Waals surface area contributed by atoms with Crippen LogP contribution in [0.25, 0.3) is 0 Å². The Balaban J connectivity index is 1.95. The summed E-state index contributed by atoms with van der Waals surface area (Å²) >= 11 is 9.65. The zero-order valence-electron chi connectivity index (χ0n) is 14.2. The lowest BCUT2D eigenvalue weighted by atomic mass is 10.1. The Morgan fingerprint density at radius 1 is 0.958 bits per heavy atom. The van der Waals surface area contributed by atoms with Gasteiger partial charge in [-0.1, -0.05) is 55.8 Å². The van der Waals surface area contributed by atoms with Gasteiger partial charge in [-0.05, 0) is 76.3 Å². The van der Waals surface area contributed by atoms with Crippen molar-refractivity contribution in [2.24, 2.45) is 0 Å². The molecule has 0 amide bonds. The van der Waals surface area contributed by atoms with Gasteiger partial charge in [0.2, 0.25) is 0 Å². The maximum Gasteiger partial charge on any atom is 0.0778 e. The fraction of sp³-hybridized carbons (Fsp3) is 0.250. The quantitative estimate of drug-likeness (QED) is 0.214. The Hall–Kier alpha value is -0.613. The van der Waals surface area contributed by atoms with Gasteiger partial charge in [-0.15, -0.1) is 11.8 Å². The third kappa shape index (κ3) is 7.10. The number of thioether (sulfide) groups is 1. The molecule has 124 valence electrons. The Morgan fingerprint density at radius 3 is 1.96 bits per heavy atom. The normalized spacial score (nSPS) is 10.8. The van der Waals surface area contributed by atoms with Crippen LogP contribution in [0, 0.1) is 15.4 Å². The lowest BCUT2D eigenvalue weighted by Crippen LogP contribution is -2.20. The molecule has 24 heavy (non-hydrogen) atoms. The second kappa shape index (κ2) is 9.19. The van der Waals surface area contributed by atoms with Crippen LogP contribution in [0.5, 0.6) is 0 Å². The minimum atomic E-state index is -0.980. The molecule has 0 radical (unpaired) electrons. The van der Waals surface area contributed by atoms with Gasteiger partial charge < -0.3 is 0 Å². The predicted molar refractivity (Wildman–Crippen MR) is 124 cm³/mol. The second-order valence-corrected chi connectivity index (χ2v) is 15.4. The average molecular weight is 481 g/mol. The first kappa shape index (κ1) is 19.7. The van der Waals surface area contributed by atoms with Crippen molar-refractivity contribution in [2.45, 2.75) is 25.7 Å². The molecule has 0 saturated carbocycles. The van der Waals surface area contributed by atoms with Crippen LogP contribution >= 0.6 is 46.6 Å². The van der Waals surface area contributed by atoms with Crippen molar-refractivity contribution in [2.75, 3.05) is 5.75 Å². The smallest absolute Gasteiger partial charge is 0.0778 e. The van der Waals surface area contributed by atoms with E-state index < -0.39 is 8.07 Å². The zero-order chi connectivity index (χ0) is 17.6. The molecule has 4 heteroatoms. The molecule has 0 saturated heterocycles. The van der Waals surface area contributed by atoms with Gasteiger partial charge >= 0.3 is 0 Å². The largest absolute Gasteiger partial charge is 0.114 e. The summed E-state index contributed by atoms with van der Waals surface area (Å²) in [6.07, 6.45) is 0. The molecule has 2 aromatic rings. The van der Waals surface area contributed by atoms with E-state index in [0.29, 0.717) is 0 Å². The lowest BCUT2D eigenvalue weighted by Gasteiger charge is -2.15. The first-order valence-electron chi connectivity index (χ1n) is 7.88. The van der Waals surface area contributed by atoms with Crippen LogP contribution in [-0.2, 0) is 0 Å². The van der Waals surface area contributed by atoms with Gasteiger partial charge in [0.05, 0.1) is 4.20 Å². The molecule has 2 aromatic carbocycles. The topological polar surface area (TPSA) is 0 Å². The Morgan fingerprint density at radius 2 is 1.46 bits per heavy atom. The average Bonchev–Trinajstić information content (AvgIpc) is 2.53. The van der Waals surface area contributed by atoms with E-state index in [0.717, 1.165) is 26.6 Å². The van der Waals surface area contributed by atoms with Crippen molar-refractivity contribution in [1.29, 1.82) is 0 Å². The highest BCUT2D eigenvalue weighted by molar-refractivity contribution is 14.1. The van der Waals surface area contributed by atoms with Crippen LogP contribution in [0.15, 0.2) is 48.5 Å². The van der Waals surface area contributed by atoms with Gasteiger partial charge in [0.15, 0.2) is 0 Å². The molecule has 2 rings (SSSR count). The van der Waals surface area contributed by atoms with Crippen LogP contribution in [-0.4, -0.2) is 18.0 Å². The molecule has 0 aliphatic heterocycles. The Kier molecular flexibility index (Phi) is 7.54. The summed E-state index contributed by atoms with van der Waals surface area (Å²) in [7, 11) is -0.980. The molecule has 0 fully saturated rings. The fourth-order valence-electron chi connectivity index (χ4n) is 1.90. The van der Waals surface area contributed by atoms with Gasteiger partial charge in [-0.25, -0.2) is 0 Å². The summed E-state index contributed by atoms with van der Waals surface area (Å²) in [5.74, 6) is 7.54. The van der Waals surface area contributed by atoms with Crippen molar-refractivity contribution in [1.82, 2.24) is 0 Å². The number of halogens is 1. The third-order valence-corrected chi connectivity index (χ3v) is 7.73. The number of hydrogen-bond donors (Lipinski definition) is 0. The standard InChI is InChI=1S/C20H21IS2Si/c1-24(2,3)15-14-23-20(22)18-10-6-16(7-11-18)4-5-17-8-12-19(21)13-9-17/h6-13H,14-15H2,1-3H3. The van der Waals surface area contributed by atoms with E-state index in [1.807, 2.05) is 12.1 Å². The molecule has 0 spiro atoms. The van der Waals surface area contributed by atoms with Gasteiger partial charge in [-0.2, -0.15) is 0 Å². The van der Waals surface area contributed by atoms with E-state index in [1.54, 1.807) is 11.8 Å². The summed E-state index contributed by atoms with van der Waals surface area (Å²) in [5.41, 5.74) is 3.19. The monoisotopic (exact) mass is 480 g/mol.